The van der Waals surface area contributed by atoms with Crippen molar-refractivity contribution in [2.24, 2.45) is 17.8 Å². The Morgan fingerprint density at radius 3 is 2.13 bits per heavy atom. The van der Waals surface area contributed by atoms with Crippen molar-refractivity contribution in [3.63, 3.8) is 0 Å². The fraction of sp³-hybridized carbons (Fsp3) is 0.793. The SMILES string of the molecule is C=CCNC(=O)C(=O)C(CC1CC1)NC(=O)C1CC(C)CN1C.CC.CNC(C=O)C1CCCCC1.CO. The van der Waals surface area contributed by atoms with Crippen molar-refractivity contribution < 1.29 is 24.3 Å². The number of Topliss-reactive ketones (excluding diaryl/α,β-unsaturated/α-hetero) is 1. The number of likely N-dealkylation sites (tertiary alicyclic amines) is 1. The van der Waals surface area contributed by atoms with Gasteiger partial charge in [0.25, 0.3) is 5.91 Å². The molecule has 38 heavy (non-hydrogen) atoms. The predicted molar refractivity (Wildman–Crippen MR) is 153 cm³/mol. The smallest absolute Gasteiger partial charge is 0.289 e. The second-order valence-electron chi connectivity index (χ2n) is 10.2. The number of carbonyl (C=O) groups excluding carboxylic acids is 4. The molecule has 2 amide bonds. The Morgan fingerprint density at radius 2 is 1.68 bits per heavy atom. The second kappa shape index (κ2) is 20.8. The Balaban J connectivity index is 0.000000763. The molecule has 4 atom stereocenters. The molecule has 0 aromatic rings. The summed E-state index contributed by atoms with van der Waals surface area (Å²) in [7, 11) is 4.79. The van der Waals surface area contributed by atoms with Crippen LogP contribution in [0.15, 0.2) is 12.7 Å². The highest BCUT2D eigenvalue weighted by atomic mass is 16.2. The monoisotopic (exact) mass is 538 g/mol. The summed E-state index contributed by atoms with van der Waals surface area (Å²) in [5.74, 6) is 0.157. The van der Waals surface area contributed by atoms with Gasteiger partial charge >= 0.3 is 0 Å². The summed E-state index contributed by atoms with van der Waals surface area (Å²) in [4.78, 5) is 49.3. The Bertz CT molecular complexity index is 707. The fourth-order valence-electron chi connectivity index (χ4n) is 5.07. The Morgan fingerprint density at radius 1 is 1.08 bits per heavy atom. The van der Waals surface area contributed by atoms with Gasteiger partial charge < -0.3 is 25.9 Å². The molecule has 1 heterocycles. The molecule has 0 spiro atoms. The van der Waals surface area contributed by atoms with E-state index < -0.39 is 17.7 Å². The minimum atomic E-state index is -0.718. The molecule has 3 fully saturated rings. The molecule has 220 valence electrons. The van der Waals surface area contributed by atoms with E-state index >= 15 is 0 Å². The van der Waals surface area contributed by atoms with Crippen LogP contribution in [0.4, 0.5) is 0 Å². The molecule has 1 aliphatic heterocycles. The average molecular weight is 539 g/mol. The van der Waals surface area contributed by atoms with E-state index in [1.165, 1.54) is 38.2 Å². The summed E-state index contributed by atoms with van der Waals surface area (Å²) >= 11 is 0. The van der Waals surface area contributed by atoms with Crippen LogP contribution in [0.2, 0.25) is 0 Å². The molecule has 0 aromatic heterocycles. The van der Waals surface area contributed by atoms with Crippen molar-refractivity contribution in [2.75, 3.05) is 34.3 Å². The summed E-state index contributed by atoms with van der Waals surface area (Å²) in [5.41, 5.74) is 0. The molecule has 0 aromatic carbocycles. The summed E-state index contributed by atoms with van der Waals surface area (Å²) in [6, 6.07) is -0.824. The zero-order valence-corrected chi connectivity index (χ0v) is 24.6. The number of amides is 2. The first-order chi connectivity index (χ1) is 18.3. The number of aliphatic hydroxyl groups excluding tert-OH is 1. The van der Waals surface area contributed by atoms with E-state index in [1.54, 1.807) is 0 Å². The number of carbonyl (C=O) groups is 4. The van der Waals surface area contributed by atoms with Gasteiger partial charge in [-0.25, -0.2) is 0 Å². The molecule has 2 aliphatic carbocycles. The third-order valence-corrected chi connectivity index (χ3v) is 7.23. The highest BCUT2D eigenvalue weighted by Crippen LogP contribution is 2.34. The second-order valence-corrected chi connectivity index (χ2v) is 10.2. The van der Waals surface area contributed by atoms with Gasteiger partial charge in [-0.1, -0.05) is 59.0 Å². The van der Waals surface area contributed by atoms with E-state index in [0.29, 0.717) is 24.2 Å². The van der Waals surface area contributed by atoms with E-state index in [9.17, 15) is 19.2 Å². The summed E-state index contributed by atoms with van der Waals surface area (Å²) in [5, 5.41) is 15.4. The number of ketones is 1. The van der Waals surface area contributed by atoms with E-state index in [0.717, 1.165) is 39.2 Å². The van der Waals surface area contributed by atoms with Crippen LogP contribution in [0.1, 0.15) is 78.6 Å². The number of rotatable bonds is 11. The van der Waals surface area contributed by atoms with Crippen molar-refractivity contribution in [3.8, 4) is 0 Å². The number of nitrogens with one attached hydrogen (secondary N) is 3. The standard InChI is InChI=1S/C17H27N3O3.C9H17NO.C2H6.CH4O/c1-4-7-18-17(23)15(21)13(9-12-5-6-12)19-16(22)14-8-11(2)10-20(14)3;1-10-9(7-11)8-5-3-2-4-6-8;2*1-2/h4,11-14H,1,5-10H2,2-3H3,(H,18,23)(H,19,22);7-10H,2-6H2,1H3;1-2H3;2H,1H3. The van der Waals surface area contributed by atoms with Gasteiger partial charge in [0.05, 0.1) is 18.1 Å². The number of aliphatic hydroxyl groups is 1. The number of aldehydes is 1. The highest BCUT2D eigenvalue weighted by molar-refractivity contribution is 6.38. The van der Waals surface area contributed by atoms with E-state index in [4.69, 9.17) is 5.11 Å². The van der Waals surface area contributed by atoms with Gasteiger partial charge in [-0.15, -0.1) is 6.58 Å². The van der Waals surface area contributed by atoms with Crippen molar-refractivity contribution >= 4 is 23.9 Å². The molecule has 3 rings (SSSR count). The lowest BCUT2D eigenvalue weighted by atomic mass is 9.84. The maximum atomic E-state index is 12.5. The highest BCUT2D eigenvalue weighted by Gasteiger charge is 2.37. The molecule has 3 aliphatic rings. The Labute approximate surface area is 230 Å². The van der Waals surface area contributed by atoms with Crippen LogP contribution >= 0.6 is 0 Å². The molecule has 2 saturated carbocycles. The van der Waals surface area contributed by atoms with E-state index in [2.05, 4.69) is 29.5 Å². The van der Waals surface area contributed by atoms with Crippen molar-refractivity contribution in [1.29, 1.82) is 0 Å². The zero-order valence-electron chi connectivity index (χ0n) is 24.6. The molecule has 1 saturated heterocycles. The lowest BCUT2D eigenvalue weighted by Crippen LogP contribution is -2.52. The van der Waals surface area contributed by atoms with Gasteiger partial charge in [0, 0.05) is 20.2 Å². The van der Waals surface area contributed by atoms with E-state index in [-0.39, 0.29) is 24.5 Å². The van der Waals surface area contributed by atoms with Crippen LogP contribution in [0.25, 0.3) is 0 Å². The largest absolute Gasteiger partial charge is 0.400 e. The maximum absolute atomic E-state index is 12.5. The molecular weight excluding hydrogens is 484 g/mol. The molecule has 4 N–H and O–H groups in total. The van der Waals surface area contributed by atoms with Crippen molar-refractivity contribution in [3.05, 3.63) is 12.7 Å². The first-order valence-electron chi connectivity index (χ1n) is 14.3. The summed E-state index contributed by atoms with van der Waals surface area (Å²) in [6.45, 7) is 10.7. The number of likely N-dealkylation sites (N-methyl/N-ethyl adjacent to an activating group) is 2. The summed E-state index contributed by atoms with van der Waals surface area (Å²) in [6.07, 6.45) is 12.5. The fourth-order valence-corrected chi connectivity index (χ4v) is 5.07. The van der Waals surface area contributed by atoms with Crippen molar-refractivity contribution in [1.82, 2.24) is 20.9 Å². The third kappa shape index (κ3) is 13.1. The first-order valence-corrected chi connectivity index (χ1v) is 14.3. The van der Waals surface area contributed by atoms with Crippen LogP contribution < -0.4 is 16.0 Å². The Kier molecular flexibility index (Phi) is 19.7. The molecule has 9 nitrogen and oxygen atoms in total. The van der Waals surface area contributed by atoms with Gasteiger partial charge in [0.2, 0.25) is 11.7 Å². The number of hydrogen-bond acceptors (Lipinski definition) is 7. The van der Waals surface area contributed by atoms with Gasteiger partial charge in [0.15, 0.2) is 0 Å². The molecule has 9 heteroatoms. The van der Waals surface area contributed by atoms with Crippen LogP contribution in [-0.2, 0) is 19.2 Å². The van der Waals surface area contributed by atoms with Gasteiger partial charge in [-0.05, 0) is 57.5 Å². The van der Waals surface area contributed by atoms with E-state index in [1.807, 2.05) is 32.8 Å². The molecule has 4 unspecified atom stereocenters. The quantitative estimate of drug-likeness (QED) is 0.181. The normalized spacial score (nSPS) is 22.5. The lowest BCUT2D eigenvalue weighted by Gasteiger charge is -2.25. The minimum absolute atomic E-state index is 0.107. The van der Waals surface area contributed by atoms with Crippen LogP contribution in [-0.4, -0.2) is 86.3 Å². The average Bonchev–Trinajstić information content (AvgIpc) is 3.70. The number of nitrogens with zero attached hydrogens (tertiary/aromatic N) is 1. The number of hydrogen-bond donors (Lipinski definition) is 4. The van der Waals surface area contributed by atoms with Gasteiger partial charge in [-0.2, -0.15) is 0 Å². The summed E-state index contributed by atoms with van der Waals surface area (Å²) < 4.78 is 0. The maximum Gasteiger partial charge on any atom is 0.289 e. The van der Waals surface area contributed by atoms with Gasteiger partial charge in [-0.3, -0.25) is 19.3 Å². The topological polar surface area (TPSA) is 128 Å². The molecule has 0 bridgehead atoms. The van der Waals surface area contributed by atoms with Crippen LogP contribution in [0.3, 0.4) is 0 Å². The van der Waals surface area contributed by atoms with Crippen molar-refractivity contribution in [2.45, 2.75) is 96.7 Å². The lowest BCUT2D eigenvalue weighted by molar-refractivity contribution is -0.140. The third-order valence-electron chi connectivity index (χ3n) is 7.23. The first kappa shape index (κ1) is 35.9. The van der Waals surface area contributed by atoms with Gasteiger partial charge in [0.1, 0.15) is 6.29 Å². The molecular formula is C29H54N4O5. The zero-order chi connectivity index (χ0) is 29.1. The minimum Gasteiger partial charge on any atom is -0.400 e. The Hall–Kier alpha value is -2.10. The molecule has 0 radical (unpaired) electrons. The predicted octanol–water partition coefficient (Wildman–Crippen LogP) is 2.47. The van der Waals surface area contributed by atoms with Crippen LogP contribution in [0, 0.1) is 17.8 Å². The van der Waals surface area contributed by atoms with Crippen LogP contribution in [0.5, 0.6) is 0 Å².